The summed E-state index contributed by atoms with van der Waals surface area (Å²) in [6, 6.07) is 5.44. The Morgan fingerprint density at radius 2 is 2.17 bits per heavy atom. The molecule has 118 valence electrons. The fourth-order valence-corrected chi connectivity index (χ4v) is 2.08. The molecule has 1 N–H and O–H groups in total. The zero-order valence-corrected chi connectivity index (χ0v) is 12.9. The predicted molar refractivity (Wildman–Crippen MR) is 82.1 cm³/mol. The van der Waals surface area contributed by atoms with E-state index in [0.717, 1.165) is 11.3 Å². The van der Waals surface area contributed by atoms with Gasteiger partial charge in [0.1, 0.15) is 0 Å². The van der Waals surface area contributed by atoms with Crippen molar-refractivity contribution in [3.8, 4) is 5.88 Å². The quantitative estimate of drug-likeness (QED) is 0.759. The molecule has 0 fully saturated rings. The molecule has 3 heterocycles. The lowest BCUT2D eigenvalue weighted by Gasteiger charge is -2.08. The molecule has 0 bridgehead atoms. The van der Waals surface area contributed by atoms with Gasteiger partial charge in [0.05, 0.1) is 6.61 Å². The van der Waals surface area contributed by atoms with E-state index in [1.54, 1.807) is 24.5 Å². The number of aryl methyl sites for hydroxylation is 1. The zero-order valence-electron chi connectivity index (χ0n) is 12.9. The maximum Gasteiger partial charge on any atom is 0.291 e. The summed E-state index contributed by atoms with van der Waals surface area (Å²) in [5.74, 6) is 0.608. The normalized spacial score (nSPS) is 10.7. The lowest BCUT2D eigenvalue weighted by molar-refractivity contribution is 0.0940. The highest BCUT2D eigenvalue weighted by atomic mass is 16.5. The van der Waals surface area contributed by atoms with E-state index < -0.39 is 0 Å². The van der Waals surface area contributed by atoms with Crippen molar-refractivity contribution in [3.05, 3.63) is 47.7 Å². The predicted octanol–water partition coefficient (Wildman–Crippen LogP) is 1.16. The Morgan fingerprint density at radius 3 is 2.96 bits per heavy atom. The molecular weight excluding hydrogens is 296 g/mol. The van der Waals surface area contributed by atoms with Gasteiger partial charge in [-0.05, 0) is 26.0 Å². The summed E-state index contributed by atoms with van der Waals surface area (Å²) in [6.07, 6.45) is 3.28. The lowest BCUT2D eigenvalue weighted by atomic mass is 10.2. The molecule has 0 aliphatic carbocycles. The number of ether oxygens (including phenoxy) is 1. The second-order valence-electron chi connectivity index (χ2n) is 4.82. The van der Waals surface area contributed by atoms with Crippen molar-refractivity contribution in [1.82, 2.24) is 29.9 Å². The van der Waals surface area contributed by atoms with Crippen molar-refractivity contribution in [2.45, 2.75) is 20.4 Å². The lowest BCUT2D eigenvalue weighted by Crippen LogP contribution is -2.24. The molecule has 0 aliphatic rings. The number of pyridine rings is 1. The minimum absolute atomic E-state index is 0.0775. The highest BCUT2D eigenvalue weighted by Crippen LogP contribution is 2.14. The molecule has 3 rings (SSSR count). The van der Waals surface area contributed by atoms with E-state index in [4.69, 9.17) is 4.74 Å². The maximum atomic E-state index is 12.2. The number of fused-ring (bicyclic) bond motifs is 1. The molecule has 0 unspecified atom stereocenters. The van der Waals surface area contributed by atoms with Gasteiger partial charge < -0.3 is 10.1 Å². The van der Waals surface area contributed by atoms with Crippen molar-refractivity contribution in [2.75, 3.05) is 6.61 Å². The van der Waals surface area contributed by atoms with Crippen LogP contribution in [0.1, 0.15) is 28.8 Å². The number of aromatic nitrogens is 5. The number of nitrogens with zero attached hydrogens (tertiary/aromatic N) is 5. The van der Waals surface area contributed by atoms with Crippen molar-refractivity contribution < 1.29 is 9.53 Å². The summed E-state index contributed by atoms with van der Waals surface area (Å²) in [6.45, 7) is 4.54. The first kappa shape index (κ1) is 14.9. The summed E-state index contributed by atoms with van der Waals surface area (Å²) in [5, 5.41) is 6.94. The van der Waals surface area contributed by atoms with Crippen LogP contribution in [-0.4, -0.2) is 37.1 Å². The van der Waals surface area contributed by atoms with Crippen LogP contribution in [0.4, 0.5) is 0 Å². The maximum absolute atomic E-state index is 12.2. The molecule has 23 heavy (non-hydrogen) atoms. The van der Waals surface area contributed by atoms with E-state index in [2.05, 4.69) is 25.4 Å². The Bertz CT molecular complexity index is 845. The average molecular weight is 312 g/mol. The Kier molecular flexibility index (Phi) is 4.13. The fourth-order valence-electron chi connectivity index (χ4n) is 2.08. The van der Waals surface area contributed by atoms with E-state index >= 15 is 0 Å². The van der Waals surface area contributed by atoms with Crippen LogP contribution in [0.5, 0.6) is 5.88 Å². The van der Waals surface area contributed by atoms with Crippen LogP contribution in [-0.2, 0) is 6.54 Å². The number of carbonyl (C=O) groups excluding carboxylic acids is 1. The molecule has 1 amide bonds. The van der Waals surface area contributed by atoms with Gasteiger partial charge in [-0.25, -0.2) is 14.5 Å². The van der Waals surface area contributed by atoms with Crippen LogP contribution in [0.3, 0.4) is 0 Å². The first-order valence-corrected chi connectivity index (χ1v) is 7.22. The molecule has 8 heteroatoms. The minimum atomic E-state index is -0.374. The second kappa shape index (κ2) is 6.39. The third-order valence-corrected chi connectivity index (χ3v) is 3.20. The second-order valence-corrected chi connectivity index (χ2v) is 4.82. The highest BCUT2D eigenvalue weighted by molar-refractivity contribution is 5.90. The summed E-state index contributed by atoms with van der Waals surface area (Å²) in [7, 11) is 0. The van der Waals surface area contributed by atoms with E-state index in [0.29, 0.717) is 18.3 Å². The van der Waals surface area contributed by atoms with Crippen LogP contribution in [0.2, 0.25) is 0 Å². The van der Waals surface area contributed by atoms with E-state index in [-0.39, 0.29) is 18.3 Å². The topological polar surface area (TPSA) is 94.3 Å². The fraction of sp³-hybridized carbons (Fsp3) is 0.267. The molecule has 0 aliphatic heterocycles. The van der Waals surface area contributed by atoms with E-state index in [1.807, 2.05) is 19.9 Å². The SMILES string of the molecule is CCOc1ncccc1CNC(=O)c1nc2nccc(C)n2n1. The molecule has 0 saturated heterocycles. The van der Waals surface area contributed by atoms with Crippen molar-refractivity contribution in [1.29, 1.82) is 0 Å². The summed E-state index contributed by atoms with van der Waals surface area (Å²) < 4.78 is 6.96. The van der Waals surface area contributed by atoms with E-state index in [1.165, 1.54) is 4.52 Å². The summed E-state index contributed by atoms with van der Waals surface area (Å²) >= 11 is 0. The van der Waals surface area contributed by atoms with Crippen LogP contribution < -0.4 is 10.1 Å². The molecule has 0 atom stereocenters. The number of hydrogen-bond donors (Lipinski definition) is 1. The van der Waals surface area contributed by atoms with E-state index in [9.17, 15) is 4.79 Å². The van der Waals surface area contributed by atoms with Crippen molar-refractivity contribution in [2.24, 2.45) is 0 Å². The molecule has 0 aromatic carbocycles. The van der Waals surface area contributed by atoms with Crippen LogP contribution in [0.25, 0.3) is 5.78 Å². The smallest absolute Gasteiger partial charge is 0.291 e. The number of hydrogen-bond acceptors (Lipinski definition) is 6. The molecule has 0 spiro atoms. The number of nitrogens with one attached hydrogen (secondary N) is 1. The largest absolute Gasteiger partial charge is 0.478 e. The van der Waals surface area contributed by atoms with Gasteiger partial charge in [0.2, 0.25) is 11.7 Å². The molecule has 0 saturated carbocycles. The Balaban J connectivity index is 1.75. The van der Waals surface area contributed by atoms with Gasteiger partial charge in [0, 0.05) is 30.2 Å². The summed E-state index contributed by atoms with van der Waals surface area (Å²) in [4.78, 5) is 24.6. The Morgan fingerprint density at radius 1 is 1.30 bits per heavy atom. The average Bonchev–Trinajstić information content (AvgIpc) is 3.00. The molecular formula is C15H16N6O2. The van der Waals surface area contributed by atoms with Crippen LogP contribution in [0.15, 0.2) is 30.6 Å². The zero-order chi connectivity index (χ0) is 16.2. The first-order chi connectivity index (χ1) is 11.2. The van der Waals surface area contributed by atoms with Crippen molar-refractivity contribution >= 4 is 11.7 Å². The van der Waals surface area contributed by atoms with Crippen LogP contribution in [0, 0.1) is 6.92 Å². The Labute approximate surface area is 132 Å². The third kappa shape index (κ3) is 3.10. The van der Waals surface area contributed by atoms with Gasteiger partial charge in [-0.15, -0.1) is 5.10 Å². The van der Waals surface area contributed by atoms with Crippen LogP contribution >= 0.6 is 0 Å². The van der Waals surface area contributed by atoms with Gasteiger partial charge in [-0.2, -0.15) is 4.98 Å². The third-order valence-electron chi connectivity index (χ3n) is 3.20. The van der Waals surface area contributed by atoms with Gasteiger partial charge in [-0.3, -0.25) is 4.79 Å². The van der Waals surface area contributed by atoms with Gasteiger partial charge >= 0.3 is 0 Å². The molecule has 0 radical (unpaired) electrons. The molecule has 3 aromatic heterocycles. The van der Waals surface area contributed by atoms with Gasteiger partial charge in [0.15, 0.2) is 0 Å². The minimum Gasteiger partial charge on any atom is -0.478 e. The monoisotopic (exact) mass is 312 g/mol. The number of amides is 1. The van der Waals surface area contributed by atoms with Gasteiger partial charge in [0.25, 0.3) is 11.7 Å². The first-order valence-electron chi connectivity index (χ1n) is 7.22. The Hall–Kier alpha value is -3.03. The standard InChI is InChI=1S/C15H16N6O2/c1-3-23-14-11(5-4-7-16-14)9-18-13(22)12-19-15-17-8-6-10(2)21(15)20-12/h4-8H,3,9H2,1-2H3,(H,18,22). The summed E-state index contributed by atoms with van der Waals surface area (Å²) in [5.41, 5.74) is 1.65. The highest BCUT2D eigenvalue weighted by Gasteiger charge is 2.15. The van der Waals surface area contributed by atoms with Gasteiger partial charge in [-0.1, -0.05) is 6.07 Å². The molecule has 8 nitrogen and oxygen atoms in total. The number of carbonyl (C=O) groups is 1. The van der Waals surface area contributed by atoms with Crippen molar-refractivity contribution in [3.63, 3.8) is 0 Å². The number of rotatable bonds is 5. The molecule has 3 aromatic rings.